The van der Waals surface area contributed by atoms with Gasteiger partial charge in [0.1, 0.15) is 18.1 Å². The first kappa shape index (κ1) is 28.7. The minimum atomic E-state index is -4.88. The van der Waals surface area contributed by atoms with Gasteiger partial charge in [-0.15, -0.1) is 0 Å². The molecular weight excluding hydrogens is 518 g/mol. The number of hydrogen-bond donors (Lipinski definition) is 1. The van der Waals surface area contributed by atoms with Gasteiger partial charge in [0.2, 0.25) is 0 Å². The summed E-state index contributed by atoms with van der Waals surface area (Å²) in [4.78, 5) is 16.5. The molecule has 0 amide bonds. The average Bonchev–Trinajstić information content (AvgIpc) is 3.23. The highest BCUT2D eigenvalue weighted by Crippen LogP contribution is 2.37. The summed E-state index contributed by atoms with van der Waals surface area (Å²) >= 11 is 0. The van der Waals surface area contributed by atoms with Crippen LogP contribution in [-0.2, 0) is 37.3 Å². The number of nitrogens with zero attached hydrogens (tertiary/aromatic N) is 4. The molecule has 0 unspecified atom stereocenters. The molecule has 4 rings (SSSR count). The highest BCUT2D eigenvalue weighted by molar-refractivity contribution is 6.76. The van der Waals surface area contributed by atoms with Gasteiger partial charge < -0.3 is 19.9 Å². The molecule has 12 heteroatoms. The summed E-state index contributed by atoms with van der Waals surface area (Å²) in [7, 11) is 0.692. The number of piperidine rings is 1. The van der Waals surface area contributed by atoms with Crippen molar-refractivity contribution in [3.63, 3.8) is 0 Å². The van der Waals surface area contributed by atoms with Gasteiger partial charge >= 0.3 is 6.18 Å². The molecule has 0 atom stereocenters. The summed E-state index contributed by atoms with van der Waals surface area (Å²) in [6.07, 6.45) is -1.84. The predicted octanol–water partition coefficient (Wildman–Crippen LogP) is 4.42. The van der Waals surface area contributed by atoms with Crippen molar-refractivity contribution in [2.45, 2.75) is 77.1 Å². The molecule has 3 heterocycles. The SMILES string of the molecule is CN1CCC(NCc2cc3c(cc2F)CN(c2cnn(COCC[Si](C)(C)C)c(=O)c2C(F)(F)F)C3)CC1. The van der Waals surface area contributed by atoms with Crippen LogP contribution in [0.2, 0.25) is 25.7 Å². The Hall–Kier alpha value is -2.28. The quantitative estimate of drug-likeness (QED) is 0.281. The van der Waals surface area contributed by atoms with Gasteiger partial charge in [0.15, 0.2) is 0 Å². The molecule has 1 fully saturated rings. The summed E-state index contributed by atoms with van der Waals surface area (Å²) in [5.41, 5.74) is -0.976. The standard InChI is InChI=1S/C26H37F4N5O2Si/c1-33-7-5-21(6-8-33)31-13-18-11-19-15-34(16-20(19)12-22(18)27)23-14-32-35(17-37-9-10-38(2,3)4)25(36)24(23)26(28,29)30/h11-12,14,21,31H,5-10,13,15-17H2,1-4H3. The molecule has 2 aromatic rings. The number of hydrogen-bond acceptors (Lipinski definition) is 6. The Labute approximate surface area is 221 Å². The van der Waals surface area contributed by atoms with Crippen LogP contribution in [0.4, 0.5) is 23.2 Å². The lowest BCUT2D eigenvalue weighted by atomic mass is 10.0. The Morgan fingerprint density at radius 1 is 1.13 bits per heavy atom. The van der Waals surface area contributed by atoms with E-state index in [0.717, 1.165) is 43.7 Å². The molecule has 1 saturated heterocycles. The van der Waals surface area contributed by atoms with Gasteiger partial charge in [0.25, 0.3) is 5.56 Å². The van der Waals surface area contributed by atoms with E-state index >= 15 is 0 Å². The number of anilines is 1. The Kier molecular flexibility index (Phi) is 8.65. The molecular formula is C26H37F4N5O2Si. The van der Waals surface area contributed by atoms with Crippen molar-refractivity contribution in [3.05, 3.63) is 56.8 Å². The lowest BCUT2D eigenvalue weighted by molar-refractivity contribution is -0.138. The van der Waals surface area contributed by atoms with Crippen molar-refractivity contribution >= 4 is 13.8 Å². The molecule has 0 saturated carbocycles. The number of aromatic nitrogens is 2. The smallest absolute Gasteiger partial charge is 0.361 e. The fraction of sp³-hybridized carbons (Fsp3) is 0.615. The first-order chi connectivity index (χ1) is 17.8. The average molecular weight is 556 g/mol. The Balaban J connectivity index is 1.49. The van der Waals surface area contributed by atoms with Gasteiger partial charge in [-0.3, -0.25) is 4.79 Å². The van der Waals surface area contributed by atoms with Crippen LogP contribution in [0.3, 0.4) is 0 Å². The predicted molar refractivity (Wildman–Crippen MR) is 141 cm³/mol. The molecule has 1 aromatic carbocycles. The largest absolute Gasteiger partial charge is 0.423 e. The maximum atomic E-state index is 14.9. The molecule has 210 valence electrons. The molecule has 1 aromatic heterocycles. The molecule has 7 nitrogen and oxygen atoms in total. The summed E-state index contributed by atoms with van der Waals surface area (Å²) in [6, 6.07) is 4.25. The molecule has 0 spiro atoms. The molecule has 0 radical (unpaired) electrons. The zero-order valence-electron chi connectivity index (χ0n) is 22.5. The van der Waals surface area contributed by atoms with Crippen LogP contribution in [-0.4, -0.2) is 55.5 Å². The number of alkyl halides is 3. The first-order valence-corrected chi connectivity index (χ1v) is 16.7. The number of rotatable bonds is 9. The topological polar surface area (TPSA) is 62.6 Å². The van der Waals surface area contributed by atoms with Gasteiger partial charge in [0.05, 0.1) is 11.9 Å². The zero-order chi connectivity index (χ0) is 27.7. The van der Waals surface area contributed by atoms with E-state index in [1.807, 2.05) is 0 Å². The molecule has 0 bridgehead atoms. The van der Waals surface area contributed by atoms with Crippen LogP contribution in [0.1, 0.15) is 35.1 Å². The Morgan fingerprint density at radius 3 is 2.42 bits per heavy atom. The van der Waals surface area contributed by atoms with Crippen LogP contribution in [0.25, 0.3) is 0 Å². The summed E-state index contributed by atoms with van der Waals surface area (Å²) in [5, 5.41) is 7.39. The van der Waals surface area contributed by atoms with E-state index in [9.17, 15) is 22.4 Å². The number of benzene rings is 1. The van der Waals surface area contributed by atoms with Gasteiger partial charge in [0, 0.05) is 45.9 Å². The van der Waals surface area contributed by atoms with Gasteiger partial charge in [-0.1, -0.05) is 19.6 Å². The molecule has 0 aliphatic carbocycles. The second kappa shape index (κ2) is 11.4. The second-order valence-corrected chi connectivity index (χ2v) is 17.2. The number of likely N-dealkylation sites (tertiary alicyclic amines) is 1. The van der Waals surface area contributed by atoms with Crippen LogP contribution in [0, 0.1) is 5.82 Å². The lowest BCUT2D eigenvalue weighted by Crippen LogP contribution is -2.40. The molecule has 38 heavy (non-hydrogen) atoms. The summed E-state index contributed by atoms with van der Waals surface area (Å²) in [5.74, 6) is -0.383. The van der Waals surface area contributed by atoms with Crippen LogP contribution >= 0.6 is 0 Å². The van der Waals surface area contributed by atoms with E-state index in [2.05, 4.69) is 42.0 Å². The van der Waals surface area contributed by atoms with Crippen molar-refractivity contribution in [1.29, 1.82) is 0 Å². The first-order valence-electron chi connectivity index (χ1n) is 13.0. The number of halogens is 4. The normalized spacial score (nSPS) is 17.3. The highest BCUT2D eigenvalue weighted by atomic mass is 28.3. The van der Waals surface area contributed by atoms with Crippen molar-refractivity contribution in [2.75, 3.05) is 31.6 Å². The fourth-order valence-corrected chi connectivity index (χ4v) is 5.61. The number of fused-ring (bicyclic) bond motifs is 1. The molecule has 2 aliphatic heterocycles. The van der Waals surface area contributed by atoms with E-state index in [1.165, 1.54) is 11.0 Å². The van der Waals surface area contributed by atoms with E-state index in [4.69, 9.17) is 4.74 Å². The maximum Gasteiger partial charge on any atom is 0.423 e. The second-order valence-electron chi connectivity index (χ2n) is 11.6. The van der Waals surface area contributed by atoms with Crippen molar-refractivity contribution < 1.29 is 22.3 Å². The summed E-state index contributed by atoms with van der Waals surface area (Å²) < 4.78 is 63.3. The number of nitrogens with one attached hydrogen (secondary N) is 1. The van der Waals surface area contributed by atoms with Crippen molar-refractivity contribution in [2.24, 2.45) is 0 Å². The van der Waals surface area contributed by atoms with E-state index < -0.39 is 25.4 Å². The summed E-state index contributed by atoms with van der Waals surface area (Å²) in [6.45, 7) is 9.02. The van der Waals surface area contributed by atoms with E-state index in [0.29, 0.717) is 35.0 Å². The van der Waals surface area contributed by atoms with E-state index in [1.54, 1.807) is 6.07 Å². The third kappa shape index (κ3) is 7.02. The van der Waals surface area contributed by atoms with Crippen molar-refractivity contribution in [1.82, 2.24) is 20.0 Å². The number of ether oxygens (including phenoxy) is 1. The Bertz CT molecular complexity index is 1190. The third-order valence-corrected chi connectivity index (χ3v) is 8.95. The van der Waals surface area contributed by atoms with Crippen molar-refractivity contribution in [3.8, 4) is 0 Å². The minimum Gasteiger partial charge on any atom is -0.361 e. The lowest BCUT2D eigenvalue weighted by Gasteiger charge is -2.29. The molecule has 2 aliphatic rings. The molecule has 1 N–H and O–H groups in total. The van der Waals surface area contributed by atoms with Gasteiger partial charge in [-0.2, -0.15) is 18.3 Å². The minimum absolute atomic E-state index is 0.0653. The maximum absolute atomic E-state index is 14.9. The van der Waals surface area contributed by atoms with E-state index in [-0.39, 0.29) is 31.3 Å². The van der Waals surface area contributed by atoms with Gasteiger partial charge in [-0.25, -0.2) is 9.07 Å². The monoisotopic (exact) mass is 555 g/mol. The van der Waals surface area contributed by atoms with Crippen LogP contribution in [0.15, 0.2) is 23.1 Å². The highest BCUT2D eigenvalue weighted by Gasteiger charge is 2.40. The fourth-order valence-electron chi connectivity index (χ4n) is 4.85. The zero-order valence-corrected chi connectivity index (χ0v) is 23.5. The third-order valence-electron chi connectivity index (χ3n) is 7.25. The Morgan fingerprint density at radius 2 is 1.79 bits per heavy atom. The van der Waals surface area contributed by atoms with Crippen LogP contribution < -0.4 is 15.8 Å². The van der Waals surface area contributed by atoms with Gasteiger partial charge in [-0.05, 0) is 62.3 Å². The van der Waals surface area contributed by atoms with Crippen LogP contribution in [0.5, 0.6) is 0 Å².